The van der Waals surface area contributed by atoms with Crippen LogP contribution in [0.4, 0.5) is 0 Å². The van der Waals surface area contributed by atoms with Crippen molar-refractivity contribution in [3.8, 4) is 0 Å². The standard InChI is InChI=1S/C24H32.4C2H6.C2H4/c1-9-15-19(12-4)24(20(16-10-2)17-11-3)18-23(7,8)21(13-5)22(24)14-6;5*1-2/h9-17H,2,5-6,18H2,1,3-4,7-8H3;4*1-2H3;1-2H2/b15-9-,17-11-,19-12+,20-16+;;;;;. The molecule has 0 aromatic carbocycles. The molecule has 0 nitrogen and oxygen atoms in total. The molecule has 1 rings (SSSR count). The topological polar surface area (TPSA) is 0 Å². The number of rotatable bonds is 7. The Bertz CT molecular complexity index is 671. The van der Waals surface area contributed by atoms with Crippen molar-refractivity contribution in [2.24, 2.45) is 10.8 Å². The molecule has 0 N–H and O–H groups in total. The van der Waals surface area contributed by atoms with Gasteiger partial charge in [0.15, 0.2) is 0 Å². The highest BCUT2D eigenvalue weighted by Gasteiger charge is 2.50. The summed E-state index contributed by atoms with van der Waals surface area (Å²) in [4.78, 5) is 0. The summed E-state index contributed by atoms with van der Waals surface area (Å²) in [5.74, 6) is 0. The smallest absolute Gasteiger partial charge is 0.0458 e. The van der Waals surface area contributed by atoms with Gasteiger partial charge in [-0.25, -0.2) is 0 Å². The van der Waals surface area contributed by atoms with Gasteiger partial charge >= 0.3 is 0 Å². The van der Waals surface area contributed by atoms with Gasteiger partial charge in [0.2, 0.25) is 0 Å². The van der Waals surface area contributed by atoms with E-state index in [1.165, 1.54) is 22.3 Å². The van der Waals surface area contributed by atoms with E-state index in [9.17, 15) is 0 Å². The molecule has 1 atom stereocenters. The molecule has 0 amide bonds. The van der Waals surface area contributed by atoms with Gasteiger partial charge < -0.3 is 0 Å². The highest BCUT2D eigenvalue weighted by atomic mass is 14.5. The summed E-state index contributed by atoms with van der Waals surface area (Å²) in [5, 5.41) is 0. The fourth-order valence-corrected chi connectivity index (χ4v) is 4.11. The van der Waals surface area contributed by atoms with Crippen molar-refractivity contribution in [3.05, 3.63) is 110 Å². The fourth-order valence-electron chi connectivity index (χ4n) is 4.11. The van der Waals surface area contributed by atoms with Crippen LogP contribution in [-0.2, 0) is 0 Å². The Morgan fingerprint density at radius 1 is 0.676 bits per heavy atom. The maximum atomic E-state index is 4.15. The Kier molecular flexibility index (Phi) is 33.1. The van der Waals surface area contributed by atoms with Crippen LogP contribution >= 0.6 is 0 Å². The minimum absolute atomic E-state index is 0.0307. The lowest BCUT2D eigenvalue weighted by Gasteiger charge is -2.37. The molecule has 196 valence electrons. The lowest BCUT2D eigenvalue weighted by atomic mass is 9.66. The fraction of sp³-hybridized carbons (Fsp3) is 0.471. The molecule has 34 heavy (non-hydrogen) atoms. The first kappa shape index (κ1) is 41.9. The van der Waals surface area contributed by atoms with Crippen molar-refractivity contribution in [3.63, 3.8) is 0 Å². The molecule has 0 heteroatoms. The van der Waals surface area contributed by atoms with Crippen LogP contribution in [0, 0.1) is 10.8 Å². The molecule has 0 bridgehead atoms. The van der Waals surface area contributed by atoms with Crippen molar-refractivity contribution >= 4 is 0 Å². The molecule has 1 unspecified atom stereocenters. The molecule has 0 radical (unpaired) electrons. The van der Waals surface area contributed by atoms with Crippen LogP contribution in [0.3, 0.4) is 0 Å². The molecule has 0 aliphatic heterocycles. The largest absolute Gasteiger partial charge is 0.106 e. The van der Waals surface area contributed by atoms with Crippen LogP contribution in [0.25, 0.3) is 0 Å². The lowest BCUT2D eigenvalue weighted by Crippen LogP contribution is -2.26. The van der Waals surface area contributed by atoms with E-state index in [-0.39, 0.29) is 10.8 Å². The monoisotopic (exact) mass is 468 g/mol. The van der Waals surface area contributed by atoms with E-state index < -0.39 is 0 Å². The number of hydrogen-bond acceptors (Lipinski definition) is 0. The zero-order valence-corrected chi connectivity index (χ0v) is 25.4. The van der Waals surface area contributed by atoms with E-state index in [1.807, 2.05) is 73.6 Å². The molecule has 0 aromatic rings. The van der Waals surface area contributed by atoms with Crippen LogP contribution in [-0.4, -0.2) is 0 Å². The maximum Gasteiger partial charge on any atom is 0.0458 e. The third-order valence-electron chi connectivity index (χ3n) is 4.88. The first-order chi connectivity index (χ1) is 16.4. The second-order valence-electron chi connectivity index (χ2n) is 6.80. The third kappa shape index (κ3) is 11.2. The number of allylic oxidation sites excluding steroid dienone is 13. The van der Waals surface area contributed by atoms with Gasteiger partial charge in [-0.05, 0) is 54.9 Å². The Labute approximate surface area is 217 Å². The first-order valence-electron chi connectivity index (χ1n) is 13.1. The van der Waals surface area contributed by atoms with E-state index >= 15 is 0 Å². The maximum absolute atomic E-state index is 4.15. The molecule has 1 aliphatic rings. The Morgan fingerprint density at radius 3 is 1.35 bits per heavy atom. The van der Waals surface area contributed by atoms with Crippen molar-refractivity contribution in [1.82, 2.24) is 0 Å². The molecular weight excluding hydrogens is 408 g/mol. The Morgan fingerprint density at radius 2 is 1.06 bits per heavy atom. The summed E-state index contributed by atoms with van der Waals surface area (Å²) in [6, 6.07) is 0. The van der Waals surface area contributed by atoms with Crippen LogP contribution in [0.2, 0.25) is 0 Å². The van der Waals surface area contributed by atoms with Crippen LogP contribution in [0.1, 0.15) is 96.4 Å². The van der Waals surface area contributed by atoms with Gasteiger partial charge in [-0.1, -0.05) is 144 Å². The first-order valence-corrected chi connectivity index (χ1v) is 13.1. The van der Waals surface area contributed by atoms with Crippen LogP contribution in [0.15, 0.2) is 110 Å². The molecular formula is C34H60. The Hall–Kier alpha value is -2.34. The summed E-state index contributed by atoms with van der Waals surface area (Å²) in [7, 11) is 0. The molecule has 1 aliphatic carbocycles. The van der Waals surface area contributed by atoms with Gasteiger partial charge in [-0.15, -0.1) is 13.2 Å². The summed E-state index contributed by atoms with van der Waals surface area (Å²) in [6.07, 6.45) is 19.8. The summed E-state index contributed by atoms with van der Waals surface area (Å²) in [6.45, 7) is 45.0. The van der Waals surface area contributed by atoms with Gasteiger partial charge in [0, 0.05) is 5.41 Å². The minimum Gasteiger partial charge on any atom is -0.106 e. The van der Waals surface area contributed by atoms with Gasteiger partial charge in [-0.3, -0.25) is 0 Å². The zero-order valence-electron chi connectivity index (χ0n) is 25.4. The molecule has 0 fully saturated rings. The predicted molar refractivity (Wildman–Crippen MR) is 167 cm³/mol. The van der Waals surface area contributed by atoms with E-state index in [0.29, 0.717) is 0 Å². The van der Waals surface area contributed by atoms with Gasteiger partial charge in [0.25, 0.3) is 0 Å². The predicted octanol–water partition coefficient (Wildman–Crippen LogP) is 12.2. The average molecular weight is 469 g/mol. The summed E-state index contributed by atoms with van der Waals surface area (Å²) >= 11 is 0. The highest BCUT2D eigenvalue weighted by molar-refractivity contribution is 5.60. The third-order valence-corrected chi connectivity index (χ3v) is 4.88. The van der Waals surface area contributed by atoms with Crippen molar-refractivity contribution in [1.29, 1.82) is 0 Å². The van der Waals surface area contributed by atoms with Crippen LogP contribution in [0.5, 0.6) is 0 Å². The molecule has 0 saturated carbocycles. The summed E-state index contributed by atoms with van der Waals surface area (Å²) in [5.41, 5.74) is 4.86. The normalized spacial score (nSPS) is 18.4. The zero-order chi connectivity index (χ0) is 28.4. The summed E-state index contributed by atoms with van der Waals surface area (Å²) < 4.78 is 0. The van der Waals surface area contributed by atoms with E-state index in [0.717, 1.165) is 6.42 Å². The molecule has 0 spiro atoms. The SMILES string of the molecule is C=C.C=C/C=C(\C=C/C)C1(C(/C=C\C)=C/C)CC(C)(C)C(C=C)=C1C=C.CC.CC.CC.CC. The van der Waals surface area contributed by atoms with Gasteiger partial charge in [0.05, 0.1) is 0 Å². The van der Waals surface area contributed by atoms with Crippen molar-refractivity contribution < 1.29 is 0 Å². The van der Waals surface area contributed by atoms with E-state index in [2.05, 4.69) is 104 Å². The van der Waals surface area contributed by atoms with E-state index in [4.69, 9.17) is 0 Å². The van der Waals surface area contributed by atoms with E-state index in [1.54, 1.807) is 0 Å². The van der Waals surface area contributed by atoms with Crippen molar-refractivity contribution in [2.45, 2.75) is 96.4 Å². The molecule has 0 saturated heterocycles. The van der Waals surface area contributed by atoms with Gasteiger partial charge in [-0.2, -0.15) is 0 Å². The minimum atomic E-state index is -0.225. The second-order valence-corrected chi connectivity index (χ2v) is 6.80. The highest BCUT2D eigenvalue weighted by Crippen LogP contribution is 2.61. The number of hydrogen-bond donors (Lipinski definition) is 0. The van der Waals surface area contributed by atoms with Crippen molar-refractivity contribution in [2.75, 3.05) is 0 Å². The lowest BCUT2D eigenvalue weighted by molar-refractivity contribution is 0.361. The quantitative estimate of drug-likeness (QED) is 0.257. The van der Waals surface area contributed by atoms with Crippen LogP contribution < -0.4 is 0 Å². The Balaban J connectivity index is -0.000000247. The average Bonchev–Trinajstić information content (AvgIpc) is 3.14. The van der Waals surface area contributed by atoms with Gasteiger partial charge in [0.1, 0.15) is 0 Å². The second kappa shape index (κ2) is 26.9. The molecule has 0 heterocycles. The molecule has 0 aromatic heterocycles.